The lowest BCUT2D eigenvalue weighted by molar-refractivity contribution is -0.689. The molecule has 8 fully saturated rings. The standard InChI is InChI=1S/2C25H35N4O2S.2ClH/c2*1-16-21(32-15-29(16)13-20-12-27-17(2)28-23(20)26)4-5-31-22(30)11-25-9-18-6-19(10-25)8-24(3,7-18)14-25;;/h2*12,15,18-19H,4-11,13-14H2,1-3H3,(H2,26,27,28);2*1H/q2*+1;;/p-1. The number of nitrogens with zero attached hydrogens (tertiary/aromatic N) is 6. The molecule has 4 aromatic rings. The van der Waals surface area contributed by atoms with Crippen molar-refractivity contribution < 1.29 is 40.6 Å². The normalized spacial score (nSPS) is 29.7. The van der Waals surface area contributed by atoms with Gasteiger partial charge in [0.15, 0.2) is 24.5 Å². The van der Waals surface area contributed by atoms with E-state index >= 15 is 0 Å². The summed E-state index contributed by atoms with van der Waals surface area (Å²) in [4.78, 5) is 45.1. The van der Waals surface area contributed by atoms with Crippen LogP contribution in [-0.4, -0.2) is 45.1 Å². The van der Waals surface area contributed by atoms with Gasteiger partial charge in [-0.2, -0.15) is 9.13 Å². The number of nitrogens with two attached hydrogens (primary N) is 2. The summed E-state index contributed by atoms with van der Waals surface area (Å²) in [5.74, 6) is 5.79. The number of thiazole rings is 2. The number of halogens is 2. The highest BCUT2D eigenvalue weighted by atomic mass is 35.5. The molecule has 4 unspecified atom stereocenters. The summed E-state index contributed by atoms with van der Waals surface area (Å²) in [6.45, 7) is 15.0. The van der Waals surface area contributed by atoms with Crippen molar-refractivity contribution in [3.8, 4) is 0 Å². The summed E-state index contributed by atoms with van der Waals surface area (Å²) in [7, 11) is 0. The first-order valence-corrected chi connectivity index (χ1v) is 25.6. The van der Waals surface area contributed by atoms with Crippen LogP contribution < -0.4 is 33.0 Å². The van der Waals surface area contributed by atoms with E-state index < -0.39 is 0 Å². The van der Waals surface area contributed by atoms with Crippen LogP contribution in [-0.2, 0) is 45.0 Å². The number of nitrogen functional groups attached to an aromatic ring is 2. The molecular weight excluding hydrogens is 912 g/mol. The molecule has 0 aromatic carbocycles. The van der Waals surface area contributed by atoms with Crippen LogP contribution in [0.1, 0.15) is 148 Å². The molecule has 4 N–H and O–H groups in total. The molecule has 12 rings (SSSR count). The molecule has 4 aromatic heterocycles. The molecule has 8 bridgehead atoms. The van der Waals surface area contributed by atoms with Gasteiger partial charge in [0.2, 0.25) is 11.0 Å². The molecular formula is C50H71Cl2N8O4S2+. The number of ether oxygens (including phenoxy) is 2. The summed E-state index contributed by atoms with van der Waals surface area (Å²) in [5.41, 5.74) is 21.9. The number of carbonyl (C=O) groups is 2. The topological polar surface area (TPSA) is 164 Å². The van der Waals surface area contributed by atoms with E-state index in [1.807, 2.05) is 13.8 Å². The van der Waals surface area contributed by atoms with Gasteiger partial charge in [0.05, 0.1) is 46.9 Å². The van der Waals surface area contributed by atoms with Gasteiger partial charge in [0, 0.05) is 39.1 Å². The number of aryl methyl sites for hydroxylation is 2. The second-order valence-corrected chi connectivity index (χ2v) is 24.1. The van der Waals surface area contributed by atoms with Crippen molar-refractivity contribution in [2.75, 3.05) is 24.7 Å². The van der Waals surface area contributed by atoms with Gasteiger partial charge in [-0.3, -0.25) is 9.59 Å². The molecule has 0 aliphatic heterocycles. The van der Waals surface area contributed by atoms with Gasteiger partial charge in [-0.25, -0.2) is 19.9 Å². The van der Waals surface area contributed by atoms with Crippen LogP contribution in [0.25, 0.3) is 0 Å². The van der Waals surface area contributed by atoms with Gasteiger partial charge in [-0.15, -0.1) is 12.4 Å². The molecule has 8 aliphatic carbocycles. The number of hydrogen-bond donors (Lipinski definition) is 2. The molecule has 8 saturated carbocycles. The van der Waals surface area contributed by atoms with Crippen molar-refractivity contribution in [2.24, 2.45) is 45.3 Å². The zero-order valence-electron chi connectivity index (χ0n) is 39.8. The highest BCUT2D eigenvalue weighted by Gasteiger charge is 2.57. The number of rotatable bonds is 14. The monoisotopic (exact) mass is 981 g/mol. The zero-order chi connectivity index (χ0) is 45.0. The highest BCUT2D eigenvalue weighted by molar-refractivity contribution is 7.09. The Labute approximate surface area is 411 Å². The van der Waals surface area contributed by atoms with Crippen molar-refractivity contribution >= 4 is 58.7 Å². The lowest BCUT2D eigenvalue weighted by Crippen LogP contribution is -3.00. The van der Waals surface area contributed by atoms with Gasteiger partial charge in [0.1, 0.15) is 23.3 Å². The smallest absolute Gasteiger partial charge is 0.306 e. The third kappa shape index (κ3) is 11.2. The molecule has 12 nitrogen and oxygen atoms in total. The van der Waals surface area contributed by atoms with Gasteiger partial charge in [-0.05, 0) is 136 Å². The number of hydrogen-bond acceptors (Lipinski definition) is 12. The first-order chi connectivity index (χ1) is 30.4. The van der Waals surface area contributed by atoms with Crippen molar-refractivity contribution in [3.05, 3.63) is 67.3 Å². The average molecular weight is 983 g/mol. The van der Waals surface area contributed by atoms with Crippen LogP contribution in [0.3, 0.4) is 0 Å². The first-order valence-electron chi connectivity index (χ1n) is 23.9. The van der Waals surface area contributed by atoms with E-state index in [1.54, 1.807) is 35.1 Å². The van der Waals surface area contributed by atoms with Crippen molar-refractivity contribution in [2.45, 2.75) is 157 Å². The van der Waals surface area contributed by atoms with Gasteiger partial charge < -0.3 is 33.3 Å². The quantitative estimate of drug-likeness (QED) is 0.118. The van der Waals surface area contributed by atoms with E-state index in [9.17, 15) is 9.59 Å². The first kappa shape index (κ1) is 50.4. The molecule has 66 heavy (non-hydrogen) atoms. The van der Waals surface area contributed by atoms with E-state index in [0.717, 1.165) is 47.6 Å². The molecule has 4 atom stereocenters. The maximum absolute atomic E-state index is 12.8. The predicted molar refractivity (Wildman–Crippen MR) is 255 cm³/mol. The van der Waals surface area contributed by atoms with Crippen LogP contribution in [0, 0.1) is 73.0 Å². The molecule has 8 aliphatic rings. The van der Waals surface area contributed by atoms with Gasteiger partial charge in [-0.1, -0.05) is 36.5 Å². The Morgan fingerprint density at radius 2 is 1.02 bits per heavy atom. The summed E-state index contributed by atoms with van der Waals surface area (Å²) in [5, 5.41) is 0. The third-order valence-corrected chi connectivity index (χ3v) is 18.5. The van der Waals surface area contributed by atoms with E-state index in [0.29, 0.717) is 73.3 Å². The Morgan fingerprint density at radius 1 is 0.652 bits per heavy atom. The SMILES string of the molecule is Cc1ncc(C[n+]2csc(CCOC(=O)CC34CC5CC(CC(C)(C5)C3)C4)c2C)c(N)n1.Cc1ncc(C[n+]2csc(CCOC(=O)CC34CC5CC(CC(C)(C5)C3)C4)c2C)c(N)n1.Cl.[Cl-]. The highest BCUT2D eigenvalue weighted by Crippen LogP contribution is 2.67. The fourth-order valence-corrected chi connectivity index (χ4v) is 16.8. The fourth-order valence-electron chi connectivity index (χ4n) is 14.8. The minimum Gasteiger partial charge on any atom is -1.00 e. The largest absolute Gasteiger partial charge is 1.00 e. The van der Waals surface area contributed by atoms with Crippen LogP contribution in [0.5, 0.6) is 0 Å². The molecule has 0 saturated heterocycles. The van der Waals surface area contributed by atoms with Crippen LogP contribution in [0.2, 0.25) is 0 Å². The van der Waals surface area contributed by atoms with Crippen molar-refractivity contribution in [1.82, 2.24) is 19.9 Å². The molecule has 0 amide bonds. The molecule has 360 valence electrons. The van der Waals surface area contributed by atoms with Crippen molar-refractivity contribution in [1.29, 1.82) is 0 Å². The van der Waals surface area contributed by atoms with Crippen molar-refractivity contribution in [3.63, 3.8) is 0 Å². The second-order valence-electron chi connectivity index (χ2n) is 22.2. The summed E-state index contributed by atoms with van der Waals surface area (Å²) >= 11 is 3.40. The molecule has 4 heterocycles. The molecule has 0 radical (unpaired) electrons. The van der Waals surface area contributed by atoms with E-state index in [2.05, 4.69) is 67.8 Å². The van der Waals surface area contributed by atoms with Crippen LogP contribution >= 0.6 is 35.1 Å². The Bertz CT molecular complexity index is 2210. The summed E-state index contributed by atoms with van der Waals surface area (Å²) in [6.07, 6.45) is 22.0. The van der Waals surface area contributed by atoms with Gasteiger partial charge in [0.25, 0.3) is 0 Å². The number of esters is 2. The minimum atomic E-state index is 0. The van der Waals surface area contributed by atoms with E-state index in [1.165, 1.54) is 98.2 Å². The van der Waals surface area contributed by atoms with Gasteiger partial charge >= 0.3 is 11.9 Å². The Morgan fingerprint density at radius 3 is 1.35 bits per heavy atom. The average Bonchev–Trinajstić information content (AvgIpc) is 3.71. The Hall–Kier alpha value is -3.46. The fraction of sp³-hybridized carbons (Fsp3) is 0.680. The van der Waals surface area contributed by atoms with E-state index in [-0.39, 0.29) is 47.6 Å². The third-order valence-electron chi connectivity index (χ3n) is 16.2. The number of anilines is 2. The molecule has 0 spiro atoms. The maximum atomic E-state index is 12.8. The van der Waals surface area contributed by atoms with Crippen LogP contribution in [0.15, 0.2) is 23.4 Å². The lowest BCUT2D eigenvalue weighted by atomic mass is 9.44. The summed E-state index contributed by atoms with van der Waals surface area (Å²) < 4.78 is 15.8. The number of carbonyl (C=O) groups excluding carboxylic acids is 2. The minimum absolute atomic E-state index is 0. The molecule has 16 heteroatoms. The lowest BCUT2D eigenvalue weighted by Gasteiger charge is -2.61. The second kappa shape index (κ2) is 19.9. The Kier molecular flexibility index (Phi) is 15.2. The predicted octanol–water partition coefficient (Wildman–Crippen LogP) is 5.74. The Balaban J connectivity index is 0.000000191. The number of aromatic nitrogens is 6. The van der Waals surface area contributed by atoms with Crippen LogP contribution in [0.4, 0.5) is 11.6 Å². The zero-order valence-corrected chi connectivity index (χ0v) is 43.0. The maximum Gasteiger partial charge on any atom is 0.306 e. The van der Waals surface area contributed by atoms with E-state index in [4.69, 9.17) is 20.9 Å². The summed E-state index contributed by atoms with van der Waals surface area (Å²) in [6, 6.07) is 0.